The van der Waals surface area contributed by atoms with Gasteiger partial charge in [0.05, 0.1) is 5.52 Å². The fraction of sp³-hybridized carbons (Fsp3) is 0.100. The molecule has 1 aromatic heterocycles. The van der Waals surface area contributed by atoms with Crippen molar-refractivity contribution < 1.29 is 9.90 Å². The quantitative estimate of drug-likeness (QED) is 0.727. The number of benzene rings is 1. The van der Waals surface area contributed by atoms with Crippen LogP contribution in [0, 0.1) is 6.92 Å². The second-order valence-electron chi connectivity index (χ2n) is 3.21. The summed E-state index contributed by atoms with van der Waals surface area (Å²) in [4.78, 5) is 18.7. The number of nitrogen functional groups attached to an aromatic ring is 1. The third kappa shape index (κ3) is 1.48. The topological polar surface area (TPSA) is 89.1 Å². The summed E-state index contributed by atoms with van der Waals surface area (Å²) in [6.45, 7) is 1.85. The molecule has 76 valence electrons. The number of nitrogens with zero attached hydrogens (tertiary/aromatic N) is 2. The Bertz CT molecular complexity index is 552. The zero-order valence-corrected chi connectivity index (χ0v) is 8.06. The average Bonchev–Trinajstić information content (AvgIpc) is 2.18. The summed E-state index contributed by atoms with van der Waals surface area (Å²) >= 11 is 0. The fourth-order valence-corrected chi connectivity index (χ4v) is 1.48. The Kier molecular flexibility index (Phi) is 2.00. The SMILES string of the molecule is Cc1cccc2c(C(=O)O)nc(N)nc12. The lowest BCUT2D eigenvalue weighted by molar-refractivity contribution is 0.0693. The molecule has 1 aromatic carbocycles. The smallest absolute Gasteiger partial charge is 0.355 e. The molecule has 2 aromatic rings. The molecule has 15 heavy (non-hydrogen) atoms. The van der Waals surface area contributed by atoms with Gasteiger partial charge in [-0.15, -0.1) is 0 Å². The number of aromatic nitrogens is 2. The van der Waals surface area contributed by atoms with E-state index in [4.69, 9.17) is 10.8 Å². The second kappa shape index (κ2) is 3.20. The lowest BCUT2D eigenvalue weighted by Crippen LogP contribution is -2.06. The molecule has 0 saturated heterocycles. The van der Waals surface area contributed by atoms with Crippen LogP contribution in [0.15, 0.2) is 18.2 Å². The number of hydrogen-bond acceptors (Lipinski definition) is 4. The third-order valence-corrected chi connectivity index (χ3v) is 2.15. The van der Waals surface area contributed by atoms with Crippen LogP contribution in [-0.2, 0) is 0 Å². The Morgan fingerprint density at radius 3 is 2.80 bits per heavy atom. The van der Waals surface area contributed by atoms with Crippen LogP contribution in [0.3, 0.4) is 0 Å². The predicted molar refractivity (Wildman–Crippen MR) is 55.6 cm³/mol. The average molecular weight is 203 g/mol. The highest BCUT2D eigenvalue weighted by molar-refractivity contribution is 6.01. The van der Waals surface area contributed by atoms with Crippen molar-refractivity contribution in [3.05, 3.63) is 29.5 Å². The highest BCUT2D eigenvalue weighted by atomic mass is 16.4. The zero-order chi connectivity index (χ0) is 11.0. The van der Waals surface area contributed by atoms with Crippen LogP contribution in [0.5, 0.6) is 0 Å². The zero-order valence-electron chi connectivity index (χ0n) is 8.06. The van der Waals surface area contributed by atoms with Crippen molar-refractivity contribution in [3.8, 4) is 0 Å². The molecule has 0 radical (unpaired) electrons. The van der Waals surface area contributed by atoms with Crippen LogP contribution in [0.25, 0.3) is 10.9 Å². The van der Waals surface area contributed by atoms with Gasteiger partial charge in [-0.1, -0.05) is 18.2 Å². The van der Waals surface area contributed by atoms with Crippen molar-refractivity contribution in [3.63, 3.8) is 0 Å². The van der Waals surface area contributed by atoms with Gasteiger partial charge in [-0.05, 0) is 12.5 Å². The monoisotopic (exact) mass is 203 g/mol. The van der Waals surface area contributed by atoms with Crippen molar-refractivity contribution in [2.24, 2.45) is 0 Å². The van der Waals surface area contributed by atoms with Crippen LogP contribution in [-0.4, -0.2) is 21.0 Å². The van der Waals surface area contributed by atoms with Crippen molar-refractivity contribution in [1.82, 2.24) is 9.97 Å². The number of hydrogen-bond donors (Lipinski definition) is 2. The van der Waals surface area contributed by atoms with Crippen molar-refractivity contribution >= 4 is 22.8 Å². The summed E-state index contributed by atoms with van der Waals surface area (Å²) < 4.78 is 0. The van der Waals surface area contributed by atoms with E-state index in [1.807, 2.05) is 13.0 Å². The van der Waals surface area contributed by atoms with Gasteiger partial charge in [-0.25, -0.2) is 14.8 Å². The van der Waals surface area contributed by atoms with Gasteiger partial charge >= 0.3 is 5.97 Å². The first-order valence-corrected chi connectivity index (χ1v) is 4.35. The van der Waals surface area contributed by atoms with E-state index in [2.05, 4.69) is 9.97 Å². The summed E-state index contributed by atoms with van der Waals surface area (Å²) in [6, 6.07) is 5.29. The maximum atomic E-state index is 10.9. The first kappa shape index (κ1) is 9.39. The molecule has 5 heteroatoms. The number of carboxylic acids is 1. The Morgan fingerprint density at radius 2 is 2.13 bits per heavy atom. The minimum Gasteiger partial charge on any atom is -0.476 e. The Hall–Kier alpha value is -2.17. The number of rotatable bonds is 1. The molecule has 0 spiro atoms. The van der Waals surface area contributed by atoms with E-state index >= 15 is 0 Å². The van der Waals surface area contributed by atoms with Gasteiger partial charge in [-0.3, -0.25) is 0 Å². The fourth-order valence-electron chi connectivity index (χ4n) is 1.48. The maximum Gasteiger partial charge on any atom is 0.355 e. The molecule has 0 saturated carbocycles. The number of aryl methyl sites for hydroxylation is 1. The van der Waals surface area contributed by atoms with Gasteiger partial charge in [0.15, 0.2) is 5.69 Å². The molecular formula is C10H9N3O2. The number of para-hydroxylation sites is 1. The number of carboxylic acid groups (broad SMARTS) is 1. The molecule has 0 unspecified atom stereocenters. The van der Waals surface area contributed by atoms with Gasteiger partial charge in [0.2, 0.25) is 5.95 Å². The third-order valence-electron chi connectivity index (χ3n) is 2.15. The van der Waals surface area contributed by atoms with E-state index in [0.717, 1.165) is 5.56 Å². The van der Waals surface area contributed by atoms with Crippen LogP contribution in [0.4, 0.5) is 5.95 Å². The van der Waals surface area contributed by atoms with E-state index in [0.29, 0.717) is 10.9 Å². The number of anilines is 1. The summed E-state index contributed by atoms with van der Waals surface area (Å²) in [5, 5.41) is 9.46. The lowest BCUT2D eigenvalue weighted by Gasteiger charge is -2.04. The maximum absolute atomic E-state index is 10.9. The summed E-state index contributed by atoms with van der Waals surface area (Å²) in [5.74, 6) is -1.12. The summed E-state index contributed by atoms with van der Waals surface area (Å²) in [5.41, 5.74) is 6.86. The molecule has 0 fully saturated rings. The highest BCUT2D eigenvalue weighted by Crippen LogP contribution is 2.19. The van der Waals surface area contributed by atoms with Gasteiger partial charge in [-0.2, -0.15) is 0 Å². The minimum atomic E-state index is -1.10. The number of fused-ring (bicyclic) bond motifs is 1. The second-order valence-corrected chi connectivity index (χ2v) is 3.21. The molecule has 0 amide bonds. The minimum absolute atomic E-state index is 0.0193. The molecule has 0 aliphatic rings. The Morgan fingerprint density at radius 1 is 1.40 bits per heavy atom. The van der Waals surface area contributed by atoms with Gasteiger partial charge in [0.25, 0.3) is 0 Å². The first-order valence-electron chi connectivity index (χ1n) is 4.35. The highest BCUT2D eigenvalue weighted by Gasteiger charge is 2.13. The van der Waals surface area contributed by atoms with E-state index in [9.17, 15) is 4.79 Å². The molecule has 0 aliphatic heterocycles. The molecule has 1 heterocycles. The van der Waals surface area contributed by atoms with Crippen molar-refractivity contribution in [2.75, 3.05) is 5.73 Å². The van der Waals surface area contributed by atoms with Crippen LogP contribution < -0.4 is 5.73 Å². The lowest BCUT2D eigenvalue weighted by atomic mass is 10.1. The molecule has 2 rings (SSSR count). The number of aromatic carboxylic acids is 1. The number of carbonyl (C=O) groups is 1. The van der Waals surface area contributed by atoms with Crippen molar-refractivity contribution in [1.29, 1.82) is 0 Å². The van der Waals surface area contributed by atoms with Crippen LogP contribution in [0.1, 0.15) is 16.1 Å². The number of nitrogens with two attached hydrogens (primary N) is 1. The predicted octanol–water partition coefficient (Wildman–Crippen LogP) is 1.22. The van der Waals surface area contributed by atoms with Crippen LogP contribution in [0.2, 0.25) is 0 Å². The standard InChI is InChI=1S/C10H9N3O2/c1-5-3-2-4-6-7(5)12-10(11)13-8(6)9(14)15/h2-4H,1H3,(H,14,15)(H2,11,12,13). The summed E-state index contributed by atoms with van der Waals surface area (Å²) in [7, 11) is 0. The normalized spacial score (nSPS) is 10.5. The van der Waals surface area contributed by atoms with Crippen molar-refractivity contribution in [2.45, 2.75) is 6.92 Å². The Balaban J connectivity index is 2.92. The van der Waals surface area contributed by atoms with E-state index in [1.54, 1.807) is 12.1 Å². The molecule has 3 N–H and O–H groups in total. The van der Waals surface area contributed by atoms with E-state index in [1.165, 1.54) is 0 Å². The molecule has 0 bridgehead atoms. The molecule has 0 aliphatic carbocycles. The molecule has 0 atom stereocenters. The van der Waals surface area contributed by atoms with Crippen LogP contribution >= 0.6 is 0 Å². The summed E-state index contributed by atoms with van der Waals surface area (Å²) in [6.07, 6.45) is 0. The van der Waals surface area contributed by atoms with E-state index in [-0.39, 0.29) is 11.6 Å². The van der Waals surface area contributed by atoms with Gasteiger partial charge in [0.1, 0.15) is 0 Å². The Labute approximate surface area is 85.6 Å². The van der Waals surface area contributed by atoms with Gasteiger partial charge in [0, 0.05) is 5.39 Å². The molecule has 5 nitrogen and oxygen atoms in total. The van der Waals surface area contributed by atoms with Gasteiger partial charge < -0.3 is 10.8 Å². The largest absolute Gasteiger partial charge is 0.476 e. The van der Waals surface area contributed by atoms with E-state index < -0.39 is 5.97 Å². The molecular weight excluding hydrogens is 194 g/mol. The first-order chi connectivity index (χ1) is 7.09.